The van der Waals surface area contributed by atoms with E-state index in [1.165, 1.54) is 10.4 Å². The number of nitrogens with zero attached hydrogens (tertiary/aromatic N) is 2. The van der Waals surface area contributed by atoms with Crippen molar-refractivity contribution >= 4 is 28.8 Å². The Morgan fingerprint density at radius 3 is 2.85 bits per heavy atom. The lowest BCUT2D eigenvalue weighted by Gasteiger charge is -2.16. The summed E-state index contributed by atoms with van der Waals surface area (Å²) in [7, 11) is 2.12. The second-order valence-electron chi connectivity index (χ2n) is 4.85. The summed E-state index contributed by atoms with van der Waals surface area (Å²) < 4.78 is 0.850. The number of hydrogen-bond acceptors (Lipinski definition) is 4. The van der Waals surface area contributed by atoms with Gasteiger partial charge in [-0.2, -0.15) is 0 Å². The van der Waals surface area contributed by atoms with E-state index in [1.54, 1.807) is 11.3 Å². The fourth-order valence-corrected chi connectivity index (χ4v) is 3.16. The summed E-state index contributed by atoms with van der Waals surface area (Å²) in [6.07, 6.45) is 2.97. The molecule has 3 nitrogen and oxygen atoms in total. The van der Waals surface area contributed by atoms with Gasteiger partial charge >= 0.3 is 0 Å². The molecule has 0 spiro atoms. The first-order valence-electron chi connectivity index (χ1n) is 6.79. The molecule has 2 aromatic rings. The van der Waals surface area contributed by atoms with E-state index in [2.05, 4.69) is 47.4 Å². The van der Waals surface area contributed by atoms with Gasteiger partial charge in [0.1, 0.15) is 5.82 Å². The quantitative estimate of drug-likeness (QED) is 0.828. The smallest absolute Gasteiger partial charge is 0.126 e. The van der Waals surface area contributed by atoms with Gasteiger partial charge in [-0.15, -0.1) is 11.3 Å². The molecule has 2 aromatic heterocycles. The zero-order chi connectivity index (χ0) is 14.4. The molecule has 108 valence electrons. The molecule has 0 aromatic carbocycles. The van der Waals surface area contributed by atoms with Crippen LogP contribution < -0.4 is 5.32 Å². The van der Waals surface area contributed by atoms with Crippen LogP contribution in [0.1, 0.15) is 23.8 Å². The number of pyridine rings is 1. The Labute approximate surface area is 129 Å². The Morgan fingerprint density at radius 2 is 2.15 bits per heavy atom. The molecule has 0 aliphatic carbocycles. The number of nitrogens with one attached hydrogen (secondary N) is 1. The van der Waals surface area contributed by atoms with Crippen LogP contribution in [0, 0.1) is 0 Å². The Hall–Kier alpha value is -1.10. The summed E-state index contributed by atoms with van der Waals surface area (Å²) in [6, 6.07) is 8.22. The summed E-state index contributed by atoms with van der Waals surface area (Å²) in [4.78, 5) is 7.89. The molecule has 2 rings (SSSR count). The average molecular weight is 310 g/mol. The Morgan fingerprint density at radius 1 is 1.30 bits per heavy atom. The number of rotatable bonds is 7. The highest BCUT2D eigenvalue weighted by atomic mass is 35.5. The van der Waals surface area contributed by atoms with Crippen LogP contribution in [0.5, 0.6) is 0 Å². The molecule has 0 amide bonds. The Kier molecular flexibility index (Phi) is 5.83. The van der Waals surface area contributed by atoms with Crippen molar-refractivity contribution in [3.63, 3.8) is 0 Å². The van der Waals surface area contributed by atoms with Crippen LogP contribution in [0.3, 0.4) is 0 Å². The van der Waals surface area contributed by atoms with Crippen molar-refractivity contribution in [2.24, 2.45) is 0 Å². The summed E-state index contributed by atoms with van der Waals surface area (Å²) in [5.41, 5.74) is 1.27. The number of halogens is 1. The highest BCUT2D eigenvalue weighted by Gasteiger charge is 2.05. The van der Waals surface area contributed by atoms with Crippen LogP contribution in [-0.4, -0.2) is 23.5 Å². The number of anilines is 1. The van der Waals surface area contributed by atoms with Crippen molar-refractivity contribution in [3.8, 4) is 0 Å². The van der Waals surface area contributed by atoms with E-state index in [-0.39, 0.29) is 0 Å². The summed E-state index contributed by atoms with van der Waals surface area (Å²) >= 11 is 7.60. The number of hydrogen-bond donors (Lipinski definition) is 1. The van der Waals surface area contributed by atoms with Crippen LogP contribution in [-0.2, 0) is 13.1 Å². The van der Waals surface area contributed by atoms with Crippen LogP contribution in [0.25, 0.3) is 0 Å². The van der Waals surface area contributed by atoms with Crippen LogP contribution in [0.2, 0.25) is 4.34 Å². The van der Waals surface area contributed by atoms with E-state index < -0.39 is 0 Å². The second kappa shape index (κ2) is 7.62. The first-order chi connectivity index (χ1) is 9.67. The van der Waals surface area contributed by atoms with Crippen LogP contribution in [0.4, 0.5) is 5.82 Å². The van der Waals surface area contributed by atoms with Gasteiger partial charge in [-0.3, -0.25) is 4.90 Å². The molecular formula is C15H20ClN3S. The largest absolute Gasteiger partial charge is 0.370 e. The predicted octanol–water partition coefficient (Wildman–Crippen LogP) is 4.25. The van der Waals surface area contributed by atoms with Gasteiger partial charge in [0, 0.05) is 30.7 Å². The maximum absolute atomic E-state index is 5.96. The fourth-order valence-electron chi connectivity index (χ4n) is 1.99. The minimum absolute atomic E-state index is 0.850. The van der Waals surface area contributed by atoms with E-state index in [4.69, 9.17) is 11.6 Å². The minimum Gasteiger partial charge on any atom is -0.370 e. The lowest BCUT2D eigenvalue weighted by atomic mass is 10.2. The molecule has 5 heteroatoms. The van der Waals surface area contributed by atoms with E-state index in [0.717, 1.165) is 36.2 Å². The van der Waals surface area contributed by atoms with E-state index >= 15 is 0 Å². The van der Waals surface area contributed by atoms with Gasteiger partial charge in [0.05, 0.1) is 4.34 Å². The molecule has 2 heterocycles. The molecule has 0 saturated carbocycles. The zero-order valence-electron chi connectivity index (χ0n) is 11.9. The van der Waals surface area contributed by atoms with Crippen molar-refractivity contribution in [1.29, 1.82) is 0 Å². The van der Waals surface area contributed by atoms with Crippen molar-refractivity contribution in [2.75, 3.05) is 18.9 Å². The van der Waals surface area contributed by atoms with Gasteiger partial charge in [-0.25, -0.2) is 4.98 Å². The van der Waals surface area contributed by atoms with Crippen LogP contribution in [0.15, 0.2) is 30.5 Å². The molecule has 0 saturated heterocycles. The molecule has 0 aliphatic rings. The first kappa shape index (κ1) is 15.3. The van der Waals surface area contributed by atoms with Crippen molar-refractivity contribution in [2.45, 2.75) is 26.4 Å². The third-order valence-electron chi connectivity index (χ3n) is 2.89. The SMILES string of the molecule is CCCNc1cc(CN(C)Cc2ccc(Cl)s2)ccn1. The highest BCUT2D eigenvalue weighted by molar-refractivity contribution is 7.16. The zero-order valence-corrected chi connectivity index (χ0v) is 13.5. The van der Waals surface area contributed by atoms with Crippen molar-refractivity contribution in [1.82, 2.24) is 9.88 Å². The van der Waals surface area contributed by atoms with E-state index in [1.807, 2.05) is 12.3 Å². The van der Waals surface area contributed by atoms with Gasteiger partial charge in [0.2, 0.25) is 0 Å². The lowest BCUT2D eigenvalue weighted by Crippen LogP contribution is -2.16. The standard InChI is InChI=1S/C15H20ClN3S/c1-3-7-17-15-9-12(6-8-18-15)10-19(2)11-13-4-5-14(16)20-13/h4-6,8-9H,3,7,10-11H2,1-2H3,(H,17,18). The summed E-state index contributed by atoms with van der Waals surface area (Å²) in [6.45, 7) is 4.92. The molecule has 0 aliphatic heterocycles. The summed E-state index contributed by atoms with van der Waals surface area (Å²) in [5, 5.41) is 3.32. The number of thiophene rings is 1. The third-order valence-corrected chi connectivity index (χ3v) is 4.10. The van der Waals surface area contributed by atoms with Crippen molar-refractivity contribution < 1.29 is 0 Å². The second-order valence-corrected chi connectivity index (χ2v) is 6.65. The first-order valence-corrected chi connectivity index (χ1v) is 7.98. The third kappa shape index (κ3) is 4.78. The van der Waals surface area contributed by atoms with Crippen molar-refractivity contribution in [3.05, 3.63) is 45.2 Å². The van der Waals surface area contributed by atoms with Crippen LogP contribution >= 0.6 is 22.9 Å². The molecular weight excluding hydrogens is 290 g/mol. The molecule has 0 radical (unpaired) electrons. The monoisotopic (exact) mass is 309 g/mol. The lowest BCUT2D eigenvalue weighted by molar-refractivity contribution is 0.322. The van der Waals surface area contributed by atoms with Gasteiger partial charge in [0.15, 0.2) is 0 Å². The minimum atomic E-state index is 0.850. The predicted molar refractivity (Wildman–Crippen MR) is 87.5 cm³/mol. The molecule has 20 heavy (non-hydrogen) atoms. The molecule has 0 atom stereocenters. The van der Waals surface area contributed by atoms with E-state index in [9.17, 15) is 0 Å². The normalized spacial score (nSPS) is 11.0. The summed E-state index contributed by atoms with van der Waals surface area (Å²) in [5.74, 6) is 0.955. The fraction of sp³-hybridized carbons (Fsp3) is 0.400. The Balaban J connectivity index is 1.91. The highest BCUT2D eigenvalue weighted by Crippen LogP contribution is 2.22. The maximum Gasteiger partial charge on any atom is 0.126 e. The number of aromatic nitrogens is 1. The van der Waals surface area contributed by atoms with Gasteiger partial charge < -0.3 is 5.32 Å². The molecule has 0 unspecified atom stereocenters. The average Bonchev–Trinajstić information content (AvgIpc) is 2.82. The molecule has 1 N–H and O–H groups in total. The topological polar surface area (TPSA) is 28.2 Å². The Bertz CT molecular complexity index is 541. The van der Waals surface area contributed by atoms with E-state index in [0.29, 0.717) is 0 Å². The molecule has 0 bridgehead atoms. The van der Waals surface area contributed by atoms with Gasteiger partial charge in [0.25, 0.3) is 0 Å². The van der Waals surface area contributed by atoms with Gasteiger partial charge in [-0.05, 0) is 43.3 Å². The van der Waals surface area contributed by atoms with Gasteiger partial charge in [-0.1, -0.05) is 18.5 Å². The maximum atomic E-state index is 5.96. The molecule has 0 fully saturated rings.